The maximum atomic E-state index is 13.0. The van der Waals surface area contributed by atoms with Crippen LogP contribution in [0.15, 0.2) is 72.8 Å². The lowest BCUT2D eigenvalue weighted by atomic mass is 10.0. The van der Waals surface area contributed by atoms with Crippen LogP contribution in [0, 0.1) is 0 Å². The number of aromatic nitrogens is 2. The van der Waals surface area contributed by atoms with E-state index >= 15 is 0 Å². The van der Waals surface area contributed by atoms with Crippen LogP contribution in [-0.4, -0.2) is 51.9 Å². The zero-order valence-electron chi connectivity index (χ0n) is 21.2. The molecule has 0 radical (unpaired) electrons. The molecule has 198 valence electrons. The number of hydrogen-bond donors (Lipinski definition) is 4. The number of nitrogens with zero attached hydrogens (tertiary/aromatic N) is 3. The van der Waals surface area contributed by atoms with Gasteiger partial charge in [0.05, 0.1) is 0 Å². The fraction of sp³-hybridized carbons (Fsp3) is 0.143. The number of nitrogens with one attached hydrogen (secondary N) is 2. The third-order valence-electron chi connectivity index (χ3n) is 5.90. The number of fused-ring (bicyclic) bond motifs is 1. The Morgan fingerprint density at radius 1 is 1.03 bits per heavy atom. The number of hydrogen-bond acceptors (Lipinski definition) is 9. The van der Waals surface area contributed by atoms with E-state index in [1.54, 1.807) is 38.4 Å². The van der Waals surface area contributed by atoms with Crippen LogP contribution in [-0.2, 0) is 11.2 Å². The molecule has 2 amide bonds. The normalized spacial score (nSPS) is 14.0. The number of aromatic hydroxyl groups is 1. The fourth-order valence-electron chi connectivity index (χ4n) is 3.96. The van der Waals surface area contributed by atoms with Gasteiger partial charge in [0.15, 0.2) is 17.3 Å². The number of phenolic OH excluding ortho intramolecular Hbond substituents is 1. The highest BCUT2D eigenvalue weighted by molar-refractivity contribution is 6.03. The molecule has 1 unspecified atom stereocenters. The van der Waals surface area contributed by atoms with Gasteiger partial charge in [0.25, 0.3) is 11.8 Å². The number of amides is 2. The minimum Gasteiger partial charge on any atom is -0.504 e. The van der Waals surface area contributed by atoms with E-state index in [-0.39, 0.29) is 46.7 Å². The van der Waals surface area contributed by atoms with Crippen molar-refractivity contribution in [2.45, 2.75) is 12.5 Å². The van der Waals surface area contributed by atoms with Gasteiger partial charge in [-0.25, -0.2) is 0 Å². The number of phenols is 1. The first-order valence-electron chi connectivity index (χ1n) is 12.1. The molecule has 4 aromatic rings. The number of carbonyl (C=O) groups excluding carboxylic acids is 2. The average molecular weight is 527 g/mol. The molecule has 39 heavy (non-hydrogen) atoms. The SMILES string of the molecule is CN(C)C(=O)c1cccc(Oc2nc(Oc3cc(N)ccc3O)nc3c2NC(=O)C(Cc2ccccc2)N3)c1. The summed E-state index contributed by atoms with van der Waals surface area (Å²) in [5.41, 5.74) is 7.79. The van der Waals surface area contributed by atoms with Crippen LogP contribution in [0.25, 0.3) is 0 Å². The van der Waals surface area contributed by atoms with Crippen LogP contribution >= 0.6 is 0 Å². The monoisotopic (exact) mass is 526 g/mol. The summed E-state index contributed by atoms with van der Waals surface area (Å²) in [6, 6.07) is 19.7. The predicted molar refractivity (Wildman–Crippen MR) is 145 cm³/mol. The highest BCUT2D eigenvalue weighted by atomic mass is 16.5. The molecule has 1 atom stereocenters. The highest BCUT2D eigenvalue weighted by Crippen LogP contribution is 2.40. The largest absolute Gasteiger partial charge is 0.504 e. The first kappa shape index (κ1) is 25.3. The zero-order chi connectivity index (χ0) is 27.5. The average Bonchev–Trinajstić information content (AvgIpc) is 2.92. The van der Waals surface area contributed by atoms with Gasteiger partial charge in [-0.15, -0.1) is 0 Å². The number of ether oxygens (including phenoxy) is 2. The maximum absolute atomic E-state index is 13.0. The van der Waals surface area contributed by atoms with Crippen molar-refractivity contribution in [1.82, 2.24) is 14.9 Å². The summed E-state index contributed by atoms with van der Waals surface area (Å²) < 4.78 is 11.8. The van der Waals surface area contributed by atoms with Crippen LogP contribution in [0.2, 0.25) is 0 Å². The van der Waals surface area contributed by atoms with Crippen molar-refractivity contribution in [3.63, 3.8) is 0 Å². The van der Waals surface area contributed by atoms with Crippen molar-refractivity contribution in [1.29, 1.82) is 0 Å². The lowest BCUT2D eigenvalue weighted by molar-refractivity contribution is -0.117. The van der Waals surface area contributed by atoms with Crippen LogP contribution < -0.4 is 25.8 Å². The van der Waals surface area contributed by atoms with E-state index in [4.69, 9.17) is 15.2 Å². The number of anilines is 3. The van der Waals surface area contributed by atoms with Crippen molar-refractivity contribution in [2.24, 2.45) is 0 Å². The van der Waals surface area contributed by atoms with Crippen LogP contribution in [0.1, 0.15) is 15.9 Å². The second-order valence-electron chi connectivity index (χ2n) is 9.07. The highest BCUT2D eigenvalue weighted by Gasteiger charge is 2.31. The van der Waals surface area contributed by atoms with Gasteiger partial charge >= 0.3 is 6.01 Å². The van der Waals surface area contributed by atoms with E-state index in [9.17, 15) is 14.7 Å². The number of rotatable bonds is 7. The summed E-state index contributed by atoms with van der Waals surface area (Å²) in [5, 5.41) is 16.2. The first-order chi connectivity index (χ1) is 18.8. The molecule has 5 N–H and O–H groups in total. The van der Waals surface area contributed by atoms with Crippen molar-refractivity contribution in [3.05, 3.63) is 83.9 Å². The molecule has 1 aliphatic rings. The Morgan fingerprint density at radius 2 is 1.82 bits per heavy atom. The minimum atomic E-state index is -0.627. The van der Waals surface area contributed by atoms with Gasteiger partial charge in [-0.3, -0.25) is 9.59 Å². The van der Waals surface area contributed by atoms with Crippen LogP contribution in [0.5, 0.6) is 29.1 Å². The van der Waals surface area contributed by atoms with Crippen LogP contribution in [0.4, 0.5) is 17.2 Å². The van der Waals surface area contributed by atoms with Gasteiger partial charge in [0, 0.05) is 37.8 Å². The van der Waals surface area contributed by atoms with E-state index in [1.165, 1.54) is 23.1 Å². The molecule has 2 heterocycles. The number of benzene rings is 3. The smallest absolute Gasteiger partial charge is 0.327 e. The Kier molecular flexibility index (Phi) is 6.87. The predicted octanol–water partition coefficient (Wildman–Crippen LogP) is 4.03. The summed E-state index contributed by atoms with van der Waals surface area (Å²) in [5.74, 6) is -0.0666. The van der Waals surface area contributed by atoms with Gasteiger partial charge in [-0.05, 0) is 35.9 Å². The molecule has 11 heteroatoms. The topological polar surface area (TPSA) is 152 Å². The van der Waals surface area contributed by atoms with E-state index in [0.29, 0.717) is 23.4 Å². The standard InChI is InChI=1S/C28H26N6O5/c1-34(2)27(37)17-9-6-10-19(14-17)38-26-23-24(30-20(25(36)31-23)13-16-7-4-3-5-8-16)32-28(33-26)39-22-15-18(29)11-12-21(22)35/h3-12,14-15,20,35H,13,29H2,1-2H3,(H,31,36)(H,30,32,33). The molecule has 0 saturated heterocycles. The summed E-state index contributed by atoms with van der Waals surface area (Å²) in [7, 11) is 3.30. The number of nitrogen functional groups attached to an aromatic ring is 1. The van der Waals surface area contributed by atoms with Crippen molar-refractivity contribution < 1.29 is 24.2 Å². The first-order valence-corrected chi connectivity index (χ1v) is 12.1. The van der Waals surface area contributed by atoms with Crippen molar-refractivity contribution in [2.75, 3.05) is 30.5 Å². The van der Waals surface area contributed by atoms with Crippen molar-refractivity contribution in [3.8, 4) is 29.1 Å². The molecule has 0 fully saturated rings. The molecule has 5 rings (SSSR count). The fourth-order valence-corrected chi connectivity index (χ4v) is 3.96. The van der Waals surface area contributed by atoms with E-state index in [1.807, 2.05) is 30.3 Å². The van der Waals surface area contributed by atoms with Gasteiger partial charge < -0.3 is 35.8 Å². The molecule has 0 saturated carbocycles. The molecule has 3 aromatic carbocycles. The summed E-state index contributed by atoms with van der Waals surface area (Å²) in [6.45, 7) is 0. The Hall–Kier alpha value is -5.32. The maximum Gasteiger partial charge on any atom is 0.327 e. The number of nitrogens with two attached hydrogens (primary N) is 1. The summed E-state index contributed by atoms with van der Waals surface area (Å²) in [6.07, 6.45) is 0.410. The Labute approximate surface area is 224 Å². The van der Waals surface area contributed by atoms with E-state index in [2.05, 4.69) is 20.6 Å². The van der Waals surface area contributed by atoms with Gasteiger partial charge in [-0.2, -0.15) is 9.97 Å². The Bertz CT molecular complexity index is 1540. The van der Waals surface area contributed by atoms with Gasteiger partial charge in [0.1, 0.15) is 17.5 Å². The molecule has 0 aliphatic carbocycles. The van der Waals surface area contributed by atoms with Gasteiger partial charge in [0.2, 0.25) is 5.91 Å². The second kappa shape index (κ2) is 10.6. The molecule has 1 aliphatic heterocycles. The second-order valence-corrected chi connectivity index (χ2v) is 9.07. The third kappa shape index (κ3) is 5.67. The number of carbonyl (C=O) groups is 2. The molecule has 1 aromatic heterocycles. The minimum absolute atomic E-state index is 0.0214. The third-order valence-corrected chi connectivity index (χ3v) is 5.90. The molecular formula is C28H26N6O5. The Morgan fingerprint density at radius 3 is 2.59 bits per heavy atom. The molecule has 0 spiro atoms. The van der Waals surface area contributed by atoms with Crippen molar-refractivity contribution >= 4 is 29.0 Å². The van der Waals surface area contributed by atoms with Gasteiger partial charge in [-0.1, -0.05) is 36.4 Å². The zero-order valence-corrected chi connectivity index (χ0v) is 21.2. The van der Waals surface area contributed by atoms with E-state index in [0.717, 1.165) is 5.56 Å². The summed E-state index contributed by atoms with van der Waals surface area (Å²) >= 11 is 0. The summed E-state index contributed by atoms with van der Waals surface area (Å²) in [4.78, 5) is 35.7. The molecule has 11 nitrogen and oxygen atoms in total. The molecule has 0 bridgehead atoms. The molecular weight excluding hydrogens is 500 g/mol. The quantitative estimate of drug-likeness (QED) is 0.207. The van der Waals surface area contributed by atoms with E-state index < -0.39 is 6.04 Å². The lowest BCUT2D eigenvalue weighted by Gasteiger charge is -2.27. The Balaban J connectivity index is 1.52. The lowest BCUT2D eigenvalue weighted by Crippen LogP contribution is -2.41. The van der Waals surface area contributed by atoms with Crippen LogP contribution in [0.3, 0.4) is 0 Å².